The molecule has 4 rings (SSSR count). The van der Waals surface area contributed by atoms with Gasteiger partial charge in [0, 0.05) is 17.4 Å². The van der Waals surface area contributed by atoms with Crippen molar-refractivity contribution < 1.29 is 4.42 Å². The van der Waals surface area contributed by atoms with Crippen LogP contribution < -0.4 is 5.32 Å². The highest BCUT2D eigenvalue weighted by molar-refractivity contribution is 5.61. The highest BCUT2D eigenvalue weighted by Crippen LogP contribution is 2.22. The molecule has 0 spiro atoms. The smallest absolute Gasteiger partial charge is 0.255 e. The first-order chi connectivity index (χ1) is 11.6. The molecule has 6 heteroatoms. The molecule has 6 nitrogen and oxygen atoms in total. The van der Waals surface area contributed by atoms with Gasteiger partial charge in [-0.05, 0) is 56.2 Å². The van der Waals surface area contributed by atoms with Crippen molar-refractivity contribution in [3.05, 3.63) is 59.5 Å². The molecule has 4 aromatic rings. The molecule has 24 heavy (non-hydrogen) atoms. The van der Waals surface area contributed by atoms with Crippen molar-refractivity contribution in [3.63, 3.8) is 0 Å². The molecular formula is C18H17N5O. The van der Waals surface area contributed by atoms with E-state index >= 15 is 0 Å². The number of nitrogens with one attached hydrogen (secondary N) is 1. The molecule has 0 atom stereocenters. The van der Waals surface area contributed by atoms with Gasteiger partial charge < -0.3 is 9.73 Å². The summed E-state index contributed by atoms with van der Waals surface area (Å²) in [5, 5.41) is 7.92. The molecular weight excluding hydrogens is 302 g/mol. The van der Waals surface area contributed by atoms with E-state index in [-0.39, 0.29) is 0 Å². The molecule has 3 aromatic heterocycles. The maximum Gasteiger partial charge on any atom is 0.255 e. The van der Waals surface area contributed by atoms with Crippen LogP contribution in [0.1, 0.15) is 16.8 Å². The van der Waals surface area contributed by atoms with Gasteiger partial charge >= 0.3 is 0 Å². The molecule has 0 unspecified atom stereocenters. The molecule has 1 N–H and O–H groups in total. The van der Waals surface area contributed by atoms with E-state index in [1.165, 1.54) is 11.1 Å². The summed E-state index contributed by atoms with van der Waals surface area (Å²) in [6.07, 6.45) is 1.61. The molecule has 3 heterocycles. The van der Waals surface area contributed by atoms with Crippen LogP contribution in [-0.4, -0.2) is 19.6 Å². The zero-order chi connectivity index (χ0) is 16.7. The number of anilines is 2. The summed E-state index contributed by atoms with van der Waals surface area (Å²) in [5.41, 5.74) is 4.36. The van der Waals surface area contributed by atoms with Crippen LogP contribution in [0.3, 0.4) is 0 Å². The lowest BCUT2D eigenvalue weighted by Crippen LogP contribution is -2.03. The minimum absolute atomic E-state index is 0.515. The number of hydrogen-bond donors (Lipinski definition) is 1. The van der Waals surface area contributed by atoms with Crippen LogP contribution in [0.4, 0.5) is 11.5 Å². The summed E-state index contributed by atoms with van der Waals surface area (Å²) in [6.45, 7) is 6.13. The van der Waals surface area contributed by atoms with Gasteiger partial charge in [-0.3, -0.25) is 0 Å². The van der Waals surface area contributed by atoms with Gasteiger partial charge in [0.15, 0.2) is 5.76 Å². The van der Waals surface area contributed by atoms with Crippen LogP contribution in [-0.2, 0) is 0 Å². The molecule has 0 radical (unpaired) electrons. The van der Waals surface area contributed by atoms with E-state index in [0.29, 0.717) is 17.4 Å². The standard InChI is InChI=1S/C18H17N5O/c1-11-6-7-14(9-12(11)2)20-16-10-13(3)19-18-21-17(22-23(16)18)15-5-4-8-24-15/h4-10,20H,1-3H3. The van der Waals surface area contributed by atoms with Gasteiger partial charge in [-0.1, -0.05) is 6.07 Å². The molecule has 0 aliphatic carbocycles. The van der Waals surface area contributed by atoms with Crippen molar-refractivity contribution in [1.82, 2.24) is 19.6 Å². The number of aromatic nitrogens is 4. The van der Waals surface area contributed by atoms with Gasteiger partial charge in [0.1, 0.15) is 5.82 Å². The lowest BCUT2D eigenvalue weighted by Gasteiger charge is -2.10. The zero-order valence-corrected chi connectivity index (χ0v) is 13.7. The number of benzene rings is 1. The third-order valence-electron chi connectivity index (χ3n) is 3.96. The fourth-order valence-corrected chi connectivity index (χ4v) is 2.55. The van der Waals surface area contributed by atoms with Crippen LogP contribution in [0, 0.1) is 20.8 Å². The fraction of sp³-hybridized carbons (Fsp3) is 0.167. The monoisotopic (exact) mass is 319 g/mol. The van der Waals surface area contributed by atoms with Gasteiger partial charge in [-0.15, -0.1) is 5.10 Å². The normalized spacial score (nSPS) is 11.1. The van der Waals surface area contributed by atoms with Crippen LogP contribution in [0.2, 0.25) is 0 Å². The summed E-state index contributed by atoms with van der Waals surface area (Å²) in [4.78, 5) is 8.90. The molecule has 1 aromatic carbocycles. The molecule has 0 saturated heterocycles. The zero-order valence-electron chi connectivity index (χ0n) is 13.7. The Hall–Kier alpha value is -3.15. The second-order valence-electron chi connectivity index (χ2n) is 5.83. The average Bonchev–Trinajstić information content (AvgIpc) is 3.19. The quantitative estimate of drug-likeness (QED) is 0.617. The Labute approximate surface area is 139 Å². The highest BCUT2D eigenvalue weighted by Gasteiger charge is 2.13. The third kappa shape index (κ3) is 2.52. The Bertz CT molecular complexity index is 1020. The van der Waals surface area contributed by atoms with Crippen molar-refractivity contribution in [2.24, 2.45) is 0 Å². The number of furan rings is 1. The van der Waals surface area contributed by atoms with Crippen LogP contribution in [0.5, 0.6) is 0 Å². The van der Waals surface area contributed by atoms with Crippen LogP contribution in [0.25, 0.3) is 17.4 Å². The van der Waals surface area contributed by atoms with Crippen molar-refractivity contribution in [2.75, 3.05) is 5.32 Å². The first kappa shape index (κ1) is 14.4. The summed E-state index contributed by atoms with van der Waals surface area (Å²) in [5.74, 6) is 2.48. The number of nitrogens with zero attached hydrogens (tertiary/aromatic N) is 4. The van der Waals surface area contributed by atoms with Crippen molar-refractivity contribution >= 4 is 17.3 Å². The van der Waals surface area contributed by atoms with Crippen LogP contribution in [0.15, 0.2) is 47.1 Å². The van der Waals surface area contributed by atoms with Gasteiger partial charge in [0.2, 0.25) is 5.82 Å². The molecule has 0 amide bonds. The SMILES string of the molecule is Cc1cc(Nc2ccc(C)c(C)c2)n2nc(-c3ccco3)nc2n1. The first-order valence-electron chi connectivity index (χ1n) is 7.73. The Morgan fingerprint density at radius 2 is 1.88 bits per heavy atom. The van der Waals surface area contributed by atoms with E-state index in [1.54, 1.807) is 10.8 Å². The minimum Gasteiger partial charge on any atom is -0.461 e. The van der Waals surface area contributed by atoms with E-state index in [1.807, 2.05) is 31.2 Å². The Kier molecular flexibility index (Phi) is 3.30. The van der Waals surface area contributed by atoms with Crippen molar-refractivity contribution in [1.29, 1.82) is 0 Å². The Balaban J connectivity index is 1.80. The van der Waals surface area contributed by atoms with E-state index in [0.717, 1.165) is 17.2 Å². The molecule has 0 aliphatic heterocycles. The maximum absolute atomic E-state index is 5.38. The fourth-order valence-electron chi connectivity index (χ4n) is 2.55. The van der Waals surface area contributed by atoms with Crippen LogP contribution >= 0.6 is 0 Å². The van der Waals surface area contributed by atoms with Gasteiger partial charge in [0.05, 0.1) is 6.26 Å². The Morgan fingerprint density at radius 1 is 1.00 bits per heavy atom. The largest absolute Gasteiger partial charge is 0.461 e. The van der Waals surface area contributed by atoms with Crippen molar-refractivity contribution in [3.8, 4) is 11.6 Å². The molecule has 0 fully saturated rings. The maximum atomic E-state index is 5.38. The predicted octanol–water partition coefficient (Wildman–Crippen LogP) is 4.05. The molecule has 0 aliphatic rings. The summed E-state index contributed by atoms with van der Waals surface area (Å²) in [7, 11) is 0. The highest BCUT2D eigenvalue weighted by atomic mass is 16.3. The lowest BCUT2D eigenvalue weighted by molar-refractivity contribution is 0.577. The van der Waals surface area contributed by atoms with E-state index in [9.17, 15) is 0 Å². The molecule has 120 valence electrons. The molecule has 0 bridgehead atoms. The summed E-state index contributed by atoms with van der Waals surface area (Å²) >= 11 is 0. The van der Waals surface area contributed by atoms with E-state index in [4.69, 9.17) is 4.42 Å². The minimum atomic E-state index is 0.515. The van der Waals surface area contributed by atoms with Gasteiger partial charge in [-0.25, -0.2) is 4.98 Å². The first-order valence-corrected chi connectivity index (χ1v) is 7.73. The number of hydrogen-bond acceptors (Lipinski definition) is 5. The van der Waals surface area contributed by atoms with E-state index in [2.05, 4.69) is 46.4 Å². The van der Waals surface area contributed by atoms with E-state index < -0.39 is 0 Å². The number of aryl methyl sites for hydroxylation is 3. The molecule has 0 saturated carbocycles. The Morgan fingerprint density at radius 3 is 2.62 bits per heavy atom. The lowest BCUT2D eigenvalue weighted by atomic mass is 10.1. The predicted molar refractivity (Wildman–Crippen MR) is 92.4 cm³/mol. The third-order valence-corrected chi connectivity index (χ3v) is 3.96. The topological polar surface area (TPSA) is 68.2 Å². The number of rotatable bonds is 3. The van der Waals surface area contributed by atoms with Crippen molar-refractivity contribution in [2.45, 2.75) is 20.8 Å². The number of fused-ring (bicyclic) bond motifs is 1. The second kappa shape index (κ2) is 5.49. The van der Waals surface area contributed by atoms with Gasteiger partial charge in [0.25, 0.3) is 5.78 Å². The van der Waals surface area contributed by atoms with Gasteiger partial charge in [-0.2, -0.15) is 9.50 Å². The average molecular weight is 319 g/mol. The summed E-state index contributed by atoms with van der Waals surface area (Å²) < 4.78 is 7.07. The second-order valence-corrected chi connectivity index (χ2v) is 5.83. The summed E-state index contributed by atoms with van der Waals surface area (Å²) in [6, 6.07) is 11.9.